The highest BCUT2D eigenvalue weighted by molar-refractivity contribution is 5.80. The lowest BCUT2D eigenvalue weighted by atomic mass is 10.0. The van der Waals surface area contributed by atoms with E-state index in [1.165, 1.54) is 5.56 Å². The van der Waals surface area contributed by atoms with Crippen molar-refractivity contribution in [3.05, 3.63) is 54.4 Å². The summed E-state index contributed by atoms with van der Waals surface area (Å²) in [6.45, 7) is 10.2. The van der Waals surface area contributed by atoms with E-state index in [1.54, 1.807) is 0 Å². The molecule has 6 heteroatoms. The Hall–Kier alpha value is -2.34. The first-order chi connectivity index (χ1) is 13.7. The van der Waals surface area contributed by atoms with Gasteiger partial charge in [0.15, 0.2) is 5.96 Å². The van der Waals surface area contributed by atoms with Crippen LogP contribution in [0.15, 0.2) is 53.8 Å². The third-order valence-electron chi connectivity index (χ3n) is 5.14. The van der Waals surface area contributed by atoms with Gasteiger partial charge in [0.05, 0.1) is 0 Å². The smallest absolute Gasteiger partial charge is 0.191 e. The Kier molecular flexibility index (Phi) is 7.91. The maximum Gasteiger partial charge on any atom is 0.191 e. The molecular weight excluding hydrogens is 348 g/mol. The number of benzene rings is 1. The standard InChI is InChI=1S/C22H34N6/c1-3-23-22(24-16-19(2)17-28-13-7-12-25-28)26-21-10-14-27(15-11-21)18-20-8-5-4-6-9-20/h4-9,12-13,19,21H,3,10-11,14-18H2,1-2H3,(H2,23,24,26). The van der Waals surface area contributed by atoms with Gasteiger partial charge in [-0.1, -0.05) is 37.3 Å². The van der Waals surface area contributed by atoms with Gasteiger partial charge in [-0.2, -0.15) is 5.10 Å². The molecule has 1 unspecified atom stereocenters. The molecule has 0 saturated carbocycles. The summed E-state index contributed by atoms with van der Waals surface area (Å²) in [6.07, 6.45) is 6.14. The van der Waals surface area contributed by atoms with Crippen LogP contribution < -0.4 is 10.6 Å². The normalized spacial score (nSPS) is 17.4. The minimum absolute atomic E-state index is 0.447. The number of piperidine rings is 1. The SMILES string of the molecule is CCNC(=NCC(C)Cn1cccn1)NC1CCN(Cc2ccccc2)CC1. The van der Waals surface area contributed by atoms with E-state index in [4.69, 9.17) is 4.99 Å². The number of aromatic nitrogens is 2. The Bertz CT molecular complexity index is 689. The fourth-order valence-electron chi connectivity index (χ4n) is 3.62. The predicted molar refractivity (Wildman–Crippen MR) is 115 cm³/mol. The molecule has 152 valence electrons. The molecular formula is C22H34N6. The van der Waals surface area contributed by atoms with E-state index in [-0.39, 0.29) is 0 Å². The second-order valence-corrected chi connectivity index (χ2v) is 7.73. The van der Waals surface area contributed by atoms with E-state index in [0.717, 1.165) is 58.1 Å². The Morgan fingerprint density at radius 1 is 1.21 bits per heavy atom. The number of likely N-dealkylation sites (tertiary alicyclic amines) is 1. The van der Waals surface area contributed by atoms with Gasteiger partial charge in [0, 0.05) is 57.7 Å². The van der Waals surface area contributed by atoms with E-state index in [0.29, 0.717) is 12.0 Å². The van der Waals surface area contributed by atoms with Crippen LogP contribution in [-0.2, 0) is 13.1 Å². The van der Waals surface area contributed by atoms with Crippen LogP contribution in [0.4, 0.5) is 0 Å². The third-order valence-corrected chi connectivity index (χ3v) is 5.14. The van der Waals surface area contributed by atoms with Gasteiger partial charge >= 0.3 is 0 Å². The Morgan fingerprint density at radius 3 is 2.68 bits per heavy atom. The first-order valence-electron chi connectivity index (χ1n) is 10.5. The van der Waals surface area contributed by atoms with Gasteiger partial charge in [0.25, 0.3) is 0 Å². The molecule has 0 spiro atoms. The Morgan fingerprint density at radius 2 is 2.00 bits per heavy atom. The topological polar surface area (TPSA) is 57.5 Å². The Balaban J connectivity index is 1.43. The zero-order chi connectivity index (χ0) is 19.6. The first-order valence-corrected chi connectivity index (χ1v) is 10.5. The highest BCUT2D eigenvalue weighted by atomic mass is 15.3. The molecule has 2 aromatic rings. The monoisotopic (exact) mass is 382 g/mol. The highest BCUT2D eigenvalue weighted by Gasteiger charge is 2.20. The highest BCUT2D eigenvalue weighted by Crippen LogP contribution is 2.14. The summed E-state index contributed by atoms with van der Waals surface area (Å²) in [4.78, 5) is 7.36. The summed E-state index contributed by atoms with van der Waals surface area (Å²) in [5.41, 5.74) is 1.40. The molecule has 0 aliphatic carbocycles. The van der Waals surface area contributed by atoms with Crippen LogP contribution in [0, 0.1) is 5.92 Å². The van der Waals surface area contributed by atoms with Gasteiger partial charge < -0.3 is 10.6 Å². The van der Waals surface area contributed by atoms with Gasteiger partial charge in [0.1, 0.15) is 0 Å². The lowest BCUT2D eigenvalue weighted by molar-refractivity contribution is 0.198. The lowest BCUT2D eigenvalue weighted by Crippen LogP contribution is -2.48. The molecule has 1 fully saturated rings. The minimum Gasteiger partial charge on any atom is -0.357 e. The summed E-state index contributed by atoms with van der Waals surface area (Å²) < 4.78 is 1.98. The van der Waals surface area contributed by atoms with E-state index < -0.39 is 0 Å². The van der Waals surface area contributed by atoms with Gasteiger partial charge in [-0.3, -0.25) is 14.6 Å². The van der Waals surface area contributed by atoms with Crippen LogP contribution in [0.5, 0.6) is 0 Å². The quantitative estimate of drug-likeness (QED) is 0.544. The predicted octanol–water partition coefficient (Wildman–Crippen LogP) is 2.74. The van der Waals surface area contributed by atoms with Crippen molar-refractivity contribution in [3.8, 4) is 0 Å². The van der Waals surface area contributed by atoms with Crippen molar-refractivity contribution in [3.63, 3.8) is 0 Å². The maximum atomic E-state index is 4.81. The number of nitrogens with zero attached hydrogens (tertiary/aromatic N) is 4. The average molecular weight is 383 g/mol. The van der Waals surface area contributed by atoms with Crippen LogP contribution in [0.1, 0.15) is 32.3 Å². The molecule has 1 saturated heterocycles. The van der Waals surface area contributed by atoms with Crippen molar-refractivity contribution in [1.29, 1.82) is 0 Å². The van der Waals surface area contributed by atoms with Gasteiger partial charge in [-0.05, 0) is 37.3 Å². The number of guanidine groups is 1. The van der Waals surface area contributed by atoms with Crippen LogP contribution in [-0.4, -0.2) is 52.9 Å². The van der Waals surface area contributed by atoms with Gasteiger partial charge in [-0.15, -0.1) is 0 Å². The minimum atomic E-state index is 0.447. The molecule has 28 heavy (non-hydrogen) atoms. The fraction of sp³-hybridized carbons (Fsp3) is 0.545. The molecule has 0 radical (unpaired) electrons. The summed E-state index contributed by atoms with van der Waals surface area (Å²) in [7, 11) is 0. The number of hydrogen-bond acceptors (Lipinski definition) is 3. The van der Waals surface area contributed by atoms with Crippen molar-refractivity contribution in [2.24, 2.45) is 10.9 Å². The summed E-state index contributed by atoms with van der Waals surface area (Å²) in [6, 6.07) is 13.2. The van der Waals surface area contributed by atoms with Crippen LogP contribution in [0.3, 0.4) is 0 Å². The fourth-order valence-corrected chi connectivity index (χ4v) is 3.62. The van der Waals surface area contributed by atoms with Crippen molar-refractivity contribution in [2.45, 2.75) is 45.8 Å². The largest absolute Gasteiger partial charge is 0.357 e. The van der Waals surface area contributed by atoms with Crippen LogP contribution >= 0.6 is 0 Å². The third kappa shape index (κ3) is 6.68. The summed E-state index contributed by atoms with van der Waals surface area (Å²) >= 11 is 0. The number of hydrogen-bond donors (Lipinski definition) is 2. The molecule has 2 N–H and O–H groups in total. The molecule has 3 rings (SSSR count). The molecule has 1 aromatic heterocycles. The zero-order valence-electron chi connectivity index (χ0n) is 17.2. The van der Waals surface area contributed by atoms with E-state index in [2.05, 4.69) is 64.8 Å². The second kappa shape index (κ2) is 10.9. The van der Waals surface area contributed by atoms with Crippen molar-refractivity contribution >= 4 is 5.96 Å². The van der Waals surface area contributed by atoms with Crippen LogP contribution in [0.2, 0.25) is 0 Å². The summed E-state index contributed by atoms with van der Waals surface area (Å²) in [5, 5.41) is 11.3. The molecule has 0 amide bonds. The molecule has 2 heterocycles. The molecule has 0 bridgehead atoms. The maximum absolute atomic E-state index is 4.81. The number of aliphatic imine (C=N–C) groups is 1. The van der Waals surface area contributed by atoms with Crippen molar-refractivity contribution in [2.75, 3.05) is 26.2 Å². The van der Waals surface area contributed by atoms with Crippen molar-refractivity contribution < 1.29 is 0 Å². The number of nitrogens with one attached hydrogen (secondary N) is 2. The van der Waals surface area contributed by atoms with Crippen molar-refractivity contribution in [1.82, 2.24) is 25.3 Å². The van der Waals surface area contributed by atoms with E-state index in [9.17, 15) is 0 Å². The summed E-state index contributed by atoms with van der Waals surface area (Å²) in [5.74, 6) is 1.39. The molecule has 6 nitrogen and oxygen atoms in total. The Labute approximate surface area is 169 Å². The second-order valence-electron chi connectivity index (χ2n) is 7.73. The lowest BCUT2D eigenvalue weighted by Gasteiger charge is -2.33. The van der Waals surface area contributed by atoms with E-state index >= 15 is 0 Å². The van der Waals surface area contributed by atoms with Gasteiger partial charge in [-0.25, -0.2) is 0 Å². The van der Waals surface area contributed by atoms with E-state index in [1.807, 2.05) is 23.1 Å². The first kappa shape index (κ1) is 20.4. The average Bonchev–Trinajstić information content (AvgIpc) is 3.21. The molecule has 1 aromatic carbocycles. The molecule has 1 aliphatic heterocycles. The molecule has 1 aliphatic rings. The number of rotatable bonds is 8. The molecule has 1 atom stereocenters. The van der Waals surface area contributed by atoms with Gasteiger partial charge in [0.2, 0.25) is 0 Å². The zero-order valence-corrected chi connectivity index (χ0v) is 17.2. The van der Waals surface area contributed by atoms with Crippen LogP contribution in [0.25, 0.3) is 0 Å².